The van der Waals surface area contributed by atoms with E-state index in [4.69, 9.17) is 37.4 Å². The lowest BCUT2D eigenvalue weighted by Gasteiger charge is -2.13. The summed E-state index contributed by atoms with van der Waals surface area (Å²) in [5, 5.41) is 15.5. The van der Waals surface area contributed by atoms with E-state index < -0.39 is 22.9 Å². The Hall–Kier alpha value is -4.15. The number of nitrogens with one attached hydrogen (secondary N) is 1. The van der Waals surface area contributed by atoms with Crippen molar-refractivity contribution in [1.29, 1.82) is 0 Å². The van der Waals surface area contributed by atoms with Crippen LogP contribution < -0.4 is 19.6 Å². The Balaban J connectivity index is 1.63. The molecule has 0 aromatic heterocycles. The largest absolute Gasteiger partial charge is 0.493 e. The quantitative estimate of drug-likeness (QED) is 0.134. The van der Waals surface area contributed by atoms with E-state index in [1.54, 1.807) is 12.1 Å². The minimum Gasteiger partial charge on any atom is -0.493 e. The Labute approximate surface area is 215 Å². The molecule has 0 aliphatic heterocycles. The molecular formula is C24H19Cl2N3O7. The Morgan fingerprint density at radius 2 is 1.81 bits per heavy atom. The van der Waals surface area contributed by atoms with Crippen molar-refractivity contribution >= 4 is 47.0 Å². The van der Waals surface area contributed by atoms with E-state index in [9.17, 15) is 19.7 Å². The zero-order valence-electron chi connectivity index (χ0n) is 18.9. The fourth-order valence-corrected chi connectivity index (χ4v) is 3.36. The molecule has 0 aliphatic rings. The number of para-hydroxylation sites is 2. The summed E-state index contributed by atoms with van der Waals surface area (Å²) in [6, 6.07) is 14.7. The Bertz CT molecular complexity index is 1330. The van der Waals surface area contributed by atoms with Gasteiger partial charge >= 0.3 is 11.7 Å². The molecule has 3 aromatic rings. The van der Waals surface area contributed by atoms with E-state index in [1.807, 2.05) is 0 Å². The zero-order valence-corrected chi connectivity index (χ0v) is 20.4. The molecule has 1 amide bonds. The van der Waals surface area contributed by atoms with Crippen LogP contribution in [0.15, 0.2) is 65.8 Å². The predicted molar refractivity (Wildman–Crippen MR) is 133 cm³/mol. The molecule has 1 N–H and O–H groups in total. The number of rotatable bonds is 9. The van der Waals surface area contributed by atoms with Crippen LogP contribution in [0.4, 0.5) is 5.69 Å². The van der Waals surface area contributed by atoms with Crippen LogP contribution in [0.5, 0.6) is 17.2 Å². The summed E-state index contributed by atoms with van der Waals surface area (Å²) in [6.07, 6.45) is 0.277. The van der Waals surface area contributed by atoms with Gasteiger partial charge in [-0.25, -0.2) is 10.2 Å². The number of methoxy groups -OCH3 is 1. The van der Waals surface area contributed by atoms with Crippen LogP contribution in [0.2, 0.25) is 10.0 Å². The number of amides is 1. The molecule has 0 aliphatic carbocycles. The monoisotopic (exact) mass is 531 g/mol. The highest BCUT2D eigenvalue weighted by atomic mass is 35.5. The van der Waals surface area contributed by atoms with Crippen LogP contribution in [0.1, 0.15) is 22.8 Å². The Kier molecular flexibility index (Phi) is 8.82. The number of hydrazone groups is 1. The number of ether oxygens (including phenoxy) is 3. The van der Waals surface area contributed by atoms with Crippen LogP contribution >= 0.6 is 23.2 Å². The topological polar surface area (TPSA) is 129 Å². The van der Waals surface area contributed by atoms with Crippen molar-refractivity contribution in [3.8, 4) is 17.2 Å². The first-order chi connectivity index (χ1) is 17.2. The van der Waals surface area contributed by atoms with Gasteiger partial charge in [-0.15, -0.1) is 0 Å². The van der Waals surface area contributed by atoms with Crippen LogP contribution in [0.25, 0.3) is 0 Å². The van der Waals surface area contributed by atoms with E-state index >= 15 is 0 Å². The van der Waals surface area contributed by atoms with Crippen LogP contribution in [-0.4, -0.2) is 36.2 Å². The standard InChI is InChI=1S/C24H19Cl2N3O7/c1-14(35-20-6-4-3-5-19(20)29(32)33)23(30)28-27-13-15-7-10-21(22(11-15)34-2)36-24(31)17-9-8-16(25)12-18(17)26/h3-14H,1-2H3,(H,28,30)/b27-13+. The first-order valence-electron chi connectivity index (χ1n) is 10.3. The van der Waals surface area contributed by atoms with Gasteiger partial charge in [0.1, 0.15) is 0 Å². The van der Waals surface area contributed by atoms with Crippen LogP contribution in [-0.2, 0) is 4.79 Å². The molecular weight excluding hydrogens is 513 g/mol. The fourth-order valence-electron chi connectivity index (χ4n) is 2.87. The lowest BCUT2D eigenvalue weighted by atomic mass is 10.2. The first-order valence-corrected chi connectivity index (χ1v) is 11.0. The number of carbonyl (C=O) groups excluding carboxylic acids is 2. The lowest BCUT2D eigenvalue weighted by molar-refractivity contribution is -0.386. The number of benzene rings is 3. The van der Waals surface area contributed by atoms with Gasteiger partial charge in [0, 0.05) is 11.1 Å². The molecule has 0 saturated carbocycles. The van der Waals surface area contributed by atoms with Gasteiger partial charge < -0.3 is 14.2 Å². The third-order valence-corrected chi connectivity index (χ3v) is 5.21. The molecule has 36 heavy (non-hydrogen) atoms. The Morgan fingerprint density at radius 3 is 2.50 bits per heavy atom. The van der Waals surface area contributed by atoms with Gasteiger partial charge in [0.05, 0.1) is 28.8 Å². The third-order valence-electron chi connectivity index (χ3n) is 4.66. The second kappa shape index (κ2) is 12.0. The molecule has 0 heterocycles. The molecule has 0 bridgehead atoms. The number of esters is 1. The van der Waals surface area contributed by atoms with Gasteiger partial charge in [-0.1, -0.05) is 35.3 Å². The molecule has 1 atom stereocenters. The summed E-state index contributed by atoms with van der Waals surface area (Å²) >= 11 is 11.9. The number of hydrogen-bond acceptors (Lipinski definition) is 8. The second-order valence-electron chi connectivity index (χ2n) is 7.14. The van der Waals surface area contributed by atoms with Crippen molar-refractivity contribution in [2.24, 2.45) is 5.10 Å². The van der Waals surface area contributed by atoms with Crippen LogP contribution in [0, 0.1) is 10.1 Å². The number of nitrogens with zero attached hydrogens (tertiary/aromatic N) is 2. The van der Waals surface area contributed by atoms with Crippen molar-refractivity contribution in [3.63, 3.8) is 0 Å². The van der Waals surface area contributed by atoms with Crippen molar-refractivity contribution in [1.82, 2.24) is 5.43 Å². The molecule has 0 spiro atoms. The Morgan fingerprint density at radius 1 is 1.06 bits per heavy atom. The minimum atomic E-state index is -1.06. The molecule has 3 aromatic carbocycles. The van der Waals surface area contributed by atoms with Crippen molar-refractivity contribution in [2.75, 3.05) is 7.11 Å². The SMILES string of the molecule is COc1cc(/C=N/NC(=O)C(C)Oc2ccccc2[N+](=O)[O-])ccc1OC(=O)c1ccc(Cl)cc1Cl. The van der Waals surface area contributed by atoms with Gasteiger partial charge in [-0.3, -0.25) is 14.9 Å². The van der Waals surface area contributed by atoms with Gasteiger partial charge in [-0.2, -0.15) is 5.10 Å². The highest BCUT2D eigenvalue weighted by molar-refractivity contribution is 6.36. The summed E-state index contributed by atoms with van der Waals surface area (Å²) in [5.74, 6) is -0.986. The van der Waals surface area contributed by atoms with Crippen LogP contribution in [0.3, 0.4) is 0 Å². The van der Waals surface area contributed by atoms with E-state index in [2.05, 4.69) is 10.5 Å². The zero-order chi connectivity index (χ0) is 26.2. The minimum absolute atomic E-state index is 0.0381. The normalized spacial score (nSPS) is 11.6. The highest BCUT2D eigenvalue weighted by Crippen LogP contribution is 2.30. The second-order valence-corrected chi connectivity index (χ2v) is 7.99. The summed E-state index contributed by atoms with van der Waals surface area (Å²) in [6.45, 7) is 1.43. The highest BCUT2D eigenvalue weighted by Gasteiger charge is 2.20. The van der Waals surface area contributed by atoms with Crippen molar-refractivity contribution in [2.45, 2.75) is 13.0 Å². The molecule has 186 valence electrons. The fraction of sp³-hybridized carbons (Fsp3) is 0.125. The average Bonchev–Trinajstić information content (AvgIpc) is 2.84. The molecule has 0 radical (unpaired) electrons. The molecule has 10 nitrogen and oxygen atoms in total. The van der Waals surface area contributed by atoms with E-state index in [1.165, 1.54) is 68.8 Å². The summed E-state index contributed by atoms with van der Waals surface area (Å²) < 4.78 is 16.1. The predicted octanol–water partition coefficient (Wildman–Crippen LogP) is 5.05. The van der Waals surface area contributed by atoms with E-state index in [-0.39, 0.29) is 33.5 Å². The van der Waals surface area contributed by atoms with Gasteiger partial charge in [0.25, 0.3) is 5.91 Å². The number of nitro benzene ring substituents is 1. The van der Waals surface area contributed by atoms with E-state index in [0.717, 1.165) is 0 Å². The number of carbonyl (C=O) groups is 2. The molecule has 12 heteroatoms. The van der Waals surface area contributed by atoms with Crippen molar-refractivity contribution in [3.05, 3.63) is 92.0 Å². The van der Waals surface area contributed by atoms with Gasteiger partial charge in [0.15, 0.2) is 23.4 Å². The average molecular weight is 532 g/mol. The first kappa shape index (κ1) is 26.5. The van der Waals surface area contributed by atoms with Gasteiger partial charge in [-0.05, 0) is 55.0 Å². The third kappa shape index (κ3) is 6.71. The van der Waals surface area contributed by atoms with Crippen molar-refractivity contribution < 1.29 is 28.7 Å². The number of halogens is 2. The van der Waals surface area contributed by atoms with Gasteiger partial charge in [0.2, 0.25) is 0 Å². The van der Waals surface area contributed by atoms with E-state index in [0.29, 0.717) is 10.6 Å². The number of nitro groups is 1. The maximum Gasteiger partial charge on any atom is 0.345 e. The molecule has 1 unspecified atom stereocenters. The maximum atomic E-state index is 12.5. The smallest absolute Gasteiger partial charge is 0.345 e. The summed E-state index contributed by atoms with van der Waals surface area (Å²) in [7, 11) is 1.40. The maximum absolute atomic E-state index is 12.5. The summed E-state index contributed by atoms with van der Waals surface area (Å²) in [4.78, 5) is 35.2. The molecule has 0 saturated heterocycles. The number of hydrogen-bond donors (Lipinski definition) is 1. The lowest BCUT2D eigenvalue weighted by Crippen LogP contribution is -2.33. The summed E-state index contributed by atoms with van der Waals surface area (Å²) in [5.41, 5.74) is 2.69. The molecule has 0 fully saturated rings. The molecule has 3 rings (SSSR count).